The Morgan fingerprint density at radius 2 is 2.07 bits per heavy atom. The van der Waals surface area contributed by atoms with Crippen LogP contribution in [0.3, 0.4) is 0 Å². The molecule has 2 fully saturated rings. The van der Waals surface area contributed by atoms with Crippen molar-refractivity contribution in [3.63, 3.8) is 0 Å². The fourth-order valence-corrected chi connectivity index (χ4v) is 3.33. The molecule has 1 unspecified atom stereocenters. The van der Waals surface area contributed by atoms with Crippen LogP contribution in [0.2, 0.25) is 0 Å². The molecule has 0 bridgehead atoms. The van der Waals surface area contributed by atoms with E-state index in [2.05, 4.69) is 27.8 Å². The summed E-state index contributed by atoms with van der Waals surface area (Å²) in [5.41, 5.74) is 0.701. The van der Waals surface area contributed by atoms with Crippen LogP contribution < -0.4 is 0 Å². The maximum Gasteiger partial charge on any atom is 0.0777 e. The van der Waals surface area contributed by atoms with E-state index in [0.29, 0.717) is 5.41 Å². The molecule has 0 aromatic rings. The van der Waals surface area contributed by atoms with Crippen LogP contribution in [-0.2, 0) is 4.74 Å². The van der Waals surface area contributed by atoms with Crippen LogP contribution in [0.4, 0.5) is 0 Å². The molecule has 1 saturated heterocycles. The minimum absolute atomic E-state index is 0.0979. The molecule has 0 aromatic carbocycles. The second-order valence-corrected chi connectivity index (χ2v) is 6.16. The van der Waals surface area contributed by atoms with Gasteiger partial charge in [0, 0.05) is 25.5 Å². The monoisotopic (exact) mass is 275 g/mol. The molecule has 1 aliphatic heterocycles. The van der Waals surface area contributed by atoms with Crippen molar-refractivity contribution < 1.29 is 4.74 Å². The molecule has 0 aromatic heterocycles. The van der Waals surface area contributed by atoms with Crippen LogP contribution in [0.25, 0.3) is 0 Å². The Morgan fingerprint density at radius 3 is 2.60 bits per heavy atom. The van der Waals surface area contributed by atoms with Gasteiger partial charge in [-0.2, -0.15) is 0 Å². The van der Waals surface area contributed by atoms with Gasteiger partial charge in [-0.3, -0.25) is 4.90 Å². The highest BCUT2D eigenvalue weighted by Crippen LogP contribution is 2.48. The summed E-state index contributed by atoms with van der Waals surface area (Å²) in [5.74, 6) is 0. The number of alkyl halides is 1. The van der Waals surface area contributed by atoms with Crippen LogP contribution in [0.1, 0.15) is 32.6 Å². The van der Waals surface area contributed by atoms with Gasteiger partial charge in [-0.05, 0) is 44.6 Å². The predicted molar refractivity (Wildman–Crippen MR) is 66.5 cm³/mol. The van der Waals surface area contributed by atoms with Crippen molar-refractivity contribution in [1.82, 2.24) is 4.90 Å². The van der Waals surface area contributed by atoms with Gasteiger partial charge in [0.25, 0.3) is 0 Å². The Hall–Kier alpha value is 0.400. The quantitative estimate of drug-likeness (QED) is 0.732. The van der Waals surface area contributed by atoms with E-state index in [0.717, 1.165) is 6.54 Å². The van der Waals surface area contributed by atoms with Crippen molar-refractivity contribution in [2.24, 2.45) is 5.41 Å². The van der Waals surface area contributed by atoms with Crippen molar-refractivity contribution in [1.29, 1.82) is 0 Å². The summed E-state index contributed by atoms with van der Waals surface area (Å²) >= 11 is 3.65. The number of halogens is 1. The molecule has 1 saturated carbocycles. The molecular weight excluding hydrogens is 254 g/mol. The molecule has 2 aliphatic rings. The van der Waals surface area contributed by atoms with E-state index >= 15 is 0 Å². The Bertz CT molecular complexity index is 228. The Morgan fingerprint density at radius 1 is 1.33 bits per heavy atom. The molecule has 3 heteroatoms. The Balaban J connectivity index is 1.88. The zero-order valence-electron chi connectivity index (χ0n) is 9.89. The first-order valence-electron chi connectivity index (χ1n) is 5.95. The van der Waals surface area contributed by atoms with E-state index in [1.165, 1.54) is 44.1 Å². The molecule has 0 N–H and O–H groups in total. The van der Waals surface area contributed by atoms with E-state index in [1.807, 2.05) is 7.11 Å². The van der Waals surface area contributed by atoms with Crippen LogP contribution in [0.15, 0.2) is 0 Å². The second kappa shape index (κ2) is 4.34. The maximum atomic E-state index is 5.62. The summed E-state index contributed by atoms with van der Waals surface area (Å²) in [7, 11) is 1.85. The van der Waals surface area contributed by atoms with E-state index < -0.39 is 0 Å². The summed E-state index contributed by atoms with van der Waals surface area (Å²) in [5, 5.41) is 1.17. The minimum Gasteiger partial charge on any atom is -0.377 e. The highest BCUT2D eigenvalue weighted by atomic mass is 79.9. The summed E-state index contributed by atoms with van der Waals surface area (Å²) < 4.78 is 5.62. The topological polar surface area (TPSA) is 12.5 Å². The number of piperidine rings is 1. The molecular formula is C12H22BrNO. The number of hydrogen-bond donors (Lipinski definition) is 0. The first-order chi connectivity index (χ1) is 7.11. The van der Waals surface area contributed by atoms with E-state index in [1.54, 1.807) is 0 Å². The van der Waals surface area contributed by atoms with Gasteiger partial charge >= 0.3 is 0 Å². The van der Waals surface area contributed by atoms with Crippen LogP contribution in [0, 0.1) is 5.41 Å². The number of rotatable bonds is 4. The second-order valence-electron chi connectivity index (χ2n) is 5.60. The number of hydrogen-bond acceptors (Lipinski definition) is 2. The number of nitrogens with zero attached hydrogens (tertiary/aromatic N) is 1. The van der Waals surface area contributed by atoms with Gasteiger partial charge in [0.15, 0.2) is 0 Å². The first kappa shape index (κ1) is 11.9. The smallest absolute Gasteiger partial charge is 0.0777 e. The summed E-state index contributed by atoms with van der Waals surface area (Å²) in [6.45, 7) is 5.87. The molecule has 1 aliphatic carbocycles. The molecule has 1 heterocycles. The Labute approximate surface area is 101 Å². The molecule has 2 rings (SSSR count). The van der Waals surface area contributed by atoms with Gasteiger partial charge in [0.05, 0.1) is 5.60 Å². The molecule has 2 nitrogen and oxygen atoms in total. The van der Waals surface area contributed by atoms with Crippen LogP contribution >= 0.6 is 15.9 Å². The van der Waals surface area contributed by atoms with Crippen LogP contribution in [0.5, 0.6) is 0 Å². The fourth-order valence-electron chi connectivity index (χ4n) is 2.59. The van der Waals surface area contributed by atoms with Crippen molar-refractivity contribution in [3.8, 4) is 0 Å². The van der Waals surface area contributed by atoms with Gasteiger partial charge in [0.2, 0.25) is 0 Å². The van der Waals surface area contributed by atoms with E-state index in [9.17, 15) is 0 Å². The molecule has 1 atom stereocenters. The molecule has 15 heavy (non-hydrogen) atoms. The molecule has 0 spiro atoms. The van der Waals surface area contributed by atoms with Gasteiger partial charge in [-0.15, -0.1) is 0 Å². The summed E-state index contributed by atoms with van der Waals surface area (Å²) in [6, 6.07) is 0. The molecule has 88 valence electrons. The largest absolute Gasteiger partial charge is 0.377 e. The lowest BCUT2D eigenvalue weighted by Gasteiger charge is -2.40. The highest BCUT2D eigenvalue weighted by Gasteiger charge is 2.44. The normalized spacial score (nSPS) is 35.4. The third kappa shape index (κ3) is 2.75. The zero-order valence-corrected chi connectivity index (χ0v) is 11.5. The van der Waals surface area contributed by atoms with Crippen molar-refractivity contribution >= 4 is 15.9 Å². The van der Waals surface area contributed by atoms with Crippen molar-refractivity contribution in [3.05, 3.63) is 0 Å². The zero-order chi connectivity index (χ0) is 10.9. The number of ether oxygens (including phenoxy) is 1. The van der Waals surface area contributed by atoms with Crippen molar-refractivity contribution in [2.45, 2.75) is 38.2 Å². The summed E-state index contributed by atoms with van der Waals surface area (Å²) in [4.78, 5) is 2.60. The van der Waals surface area contributed by atoms with Crippen LogP contribution in [-0.4, -0.2) is 42.6 Å². The van der Waals surface area contributed by atoms with E-state index in [4.69, 9.17) is 4.74 Å². The lowest BCUT2D eigenvalue weighted by atomic mass is 9.93. The molecule has 0 amide bonds. The van der Waals surface area contributed by atoms with Crippen molar-refractivity contribution in [2.75, 3.05) is 32.1 Å². The molecule has 0 radical (unpaired) electrons. The Kier molecular flexibility index (Phi) is 3.44. The summed E-state index contributed by atoms with van der Waals surface area (Å²) in [6.07, 6.45) is 5.29. The fraction of sp³-hybridized carbons (Fsp3) is 1.00. The van der Waals surface area contributed by atoms with E-state index in [-0.39, 0.29) is 5.60 Å². The predicted octanol–water partition coefficient (Wildman–Crippen LogP) is 2.66. The first-order valence-corrected chi connectivity index (χ1v) is 7.07. The van der Waals surface area contributed by atoms with Gasteiger partial charge in [0.1, 0.15) is 0 Å². The SMILES string of the molecule is COC1(C)CCCN(CC2(CBr)CC2)C1. The standard InChI is InChI=1S/C12H22BrNO/c1-11(15-2)4-3-7-14(9-11)10-12(8-13)5-6-12/h3-10H2,1-2H3. The number of likely N-dealkylation sites (tertiary alicyclic amines) is 1. The lowest BCUT2D eigenvalue weighted by Crippen LogP contribution is -2.49. The average Bonchev–Trinajstić information content (AvgIpc) is 2.99. The maximum absolute atomic E-state index is 5.62. The number of methoxy groups -OCH3 is 1. The van der Waals surface area contributed by atoms with Gasteiger partial charge in [-0.1, -0.05) is 15.9 Å². The lowest BCUT2D eigenvalue weighted by molar-refractivity contribution is -0.0539. The van der Waals surface area contributed by atoms with Gasteiger partial charge in [-0.25, -0.2) is 0 Å². The highest BCUT2D eigenvalue weighted by molar-refractivity contribution is 9.09. The minimum atomic E-state index is 0.0979. The third-order valence-electron chi connectivity index (χ3n) is 4.03. The average molecular weight is 276 g/mol. The van der Waals surface area contributed by atoms with Gasteiger partial charge < -0.3 is 4.74 Å². The third-order valence-corrected chi connectivity index (χ3v) is 5.22.